The van der Waals surface area contributed by atoms with E-state index in [1.165, 1.54) is 32.2 Å². The Bertz CT molecular complexity index is 499. The molecule has 0 saturated carbocycles. The average Bonchev–Trinajstić information content (AvgIpc) is 3.02. The molecular formula is C15H24N4O. The number of anilines is 1. The van der Waals surface area contributed by atoms with E-state index in [1.807, 2.05) is 6.92 Å². The van der Waals surface area contributed by atoms with Crippen molar-refractivity contribution >= 4 is 5.82 Å². The maximum absolute atomic E-state index is 12.3. The molecule has 1 N–H and O–H groups in total. The molecule has 20 heavy (non-hydrogen) atoms. The number of aromatic nitrogens is 2. The van der Waals surface area contributed by atoms with Gasteiger partial charge in [0, 0.05) is 38.1 Å². The second kappa shape index (κ2) is 5.95. The second-order valence-corrected chi connectivity index (χ2v) is 5.87. The summed E-state index contributed by atoms with van der Waals surface area (Å²) in [4.78, 5) is 18.8. The first-order valence-corrected chi connectivity index (χ1v) is 7.83. The van der Waals surface area contributed by atoms with E-state index in [1.54, 1.807) is 17.0 Å². The fourth-order valence-corrected chi connectivity index (χ4v) is 3.53. The Morgan fingerprint density at radius 1 is 1.35 bits per heavy atom. The van der Waals surface area contributed by atoms with Crippen molar-refractivity contribution in [2.45, 2.75) is 45.2 Å². The monoisotopic (exact) mass is 276 g/mol. The van der Waals surface area contributed by atoms with Gasteiger partial charge in [0.1, 0.15) is 0 Å². The third kappa shape index (κ3) is 2.59. The number of nitrogens with zero attached hydrogens (tertiary/aromatic N) is 3. The average molecular weight is 276 g/mol. The van der Waals surface area contributed by atoms with Gasteiger partial charge in [0.2, 0.25) is 0 Å². The van der Waals surface area contributed by atoms with Crippen LogP contribution in [0.2, 0.25) is 0 Å². The lowest BCUT2D eigenvalue weighted by molar-refractivity contribution is 0.318. The van der Waals surface area contributed by atoms with Crippen molar-refractivity contribution in [1.82, 2.24) is 14.9 Å². The molecule has 3 heterocycles. The van der Waals surface area contributed by atoms with E-state index in [0.717, 1.165) is 19.0 Å². The summed E-state index contributed by atoms with van der Waals surface area (Å²) in [5.74, 6) is 1.40. The summed E-state index contributed by atoms with van der Waals surface area (Å²) in [6.45, 7) is 5.78. The van der Waals surface area contributed by atoms with Crippen molar-refractivity contribution in [2.24, 2.45) is 5.92 Å². The van der Waals surface area contributed by atoms with E-state index in [0.29, 0.717) is 18.4 Å². The fraction of sp³-hybridized carbons (Fsp3) is 0.733. The molecule has 0 bridgehead atoms. The number of hydrogen-bond donors (Lipinski definition) is 1. The summed E-state index contributed by atoms with van der Waals surface area (Å²) in [5.41, 5.74) is 0.0486. The molecule has 1 atom stereocenters. The van der Waals surface area contributed by atoms with Crippen molar-refractivity contribution in [3.8, 4) is 0 Å². The van der Waals surface area contributed by atoms with Crippen LogP contribution in [0.15, 0.2) is 17.2 Å². The third-order valence-corrected chi connectivity index (χ3v) is 4.74. The molecular weight excluding hydrogens is 252 g/mol. The van der Waals surface area contributed by atoms with E-state index in [-0.39, 0.29) is 5.56 Å². The van der Waals surface area contributed by atoms with Crippen LogP contribution in [0.25, 0.3) is 0 Å². The molecule has 1 unspecified atom stereocenters. The van der Waals surface area contributed by atoms with Gasteiger partial charge in [0.25, 0.3) is 5.56 Å². The SMILES string of the molecule is CCn1ccnc(N2CCC(C3CCCN3)CC2)c1=O. The standard InChI is InChI=1S/C15H24N4O/c1-2-18-11-8-17-14(15(18)20)19-9-5-12(6-10-19)13-4-3-7-16-13/h8,11-13,16H,2-7,9-10H2,1H3. The van der Waals surface area contributed by atoms with Crippen LogP contribution in [0.5, 0.6) is 0 Å². The fourth-order valence-electron chi connectivity index (χ4n) is 3.53. The van der Waals surface area contributed by atoms with Gasteiger partial charge in [0.05, 0.1) is 0 Å². The summed E-state index contributed by atoms with van der Waals surface area (Å²) >= 11 is 0. The van der Waals surface area contributed by atoms with Gasteiger partial charge < -0.3 is 14.8 Å². The van der Waals surface area contributed by atoms with Gasteiger partial charge in [-0.2, -0.15) is 0 Å². The normalized spacial score (nSPS) is 24.2. The molecule has 1 aromatic rings. The second-order valence-electron chi connectivity index (χ2n) is 5.87. The number of piperidine rings is 1. The molecule has 0 radical (unpaired) electrons. The van der Waals surface area contributed by atoms with Crippen LogP contribution in [0.1, 0.15) is 32.6 Å². The van der Waals surface area contributed by atoms with Crippen LogP contribution in [0, 0.1) is 5.92 Å². The van der Waals surface area contributed by atoms with E-state index in [2.05, 4.69) is 15.2 Å². The Morgan fingerprint density at radius 2 is 2.15 bits per heavy atom. The number of nitrogens with one attached hydrogen (secondary N) is 1. The number of aryl methyl sites for hydroxylation is 1. The van der Waals surface area contributed by atoms with Gasteiger partial charge in [-0.1, -0.05) is 0 Å². The molecule has 3 rings (SSSR count). The Morgan fingerprint density at radius 3 is 2.80 bits per heavy atom. The van der Waals surface area contributed by atoms with Crippen LogP contribution < -0.4 is 15.8 Å². The van der Waals surface area contributed by atoms with Crippen molar-refractivity contribution in [3.63, 3.8) is 0 Å². The highest BCUT2D eigenvalue weighted by Crippen LogP contribution is 2.26. The first kappa shape index (κ1) is 13.6. The van der Waals surface area contributed by atoms with Gasteiger partial charge in [-0.3, -0.25) is 4.79 Å². The largest absolute Gasteiger partial charge is 0.352 e. The van der Waals surface area contributed by atoms with Crippen LogP contribution in [0.4, 0.5) is 5.82 Å². The highest BCUT2D eigenvalue weighted by molar-refractivity contribution is 5.36. The Labute approximate surface area is 120 Å². The Kier molecular flexibility index (Phi) is 4.05. The summed E-state index contributed by atoms with van der Waals surface area (Å²) in [7, 11) is 0. The van der Waals surface area contributed by atoms with Crippen LogP contribution in [-0.4, -0.2) is 35.2 Å². The lowest BCUT2D eigenvalue weighted by Crippen LogP contribution is -2.43. The van der Waals surface area contributed by atoms with Gasteiger partial charge in [0.15, 0.2) is 5.82 Å². The zero-order valence-corrected chi connectivity index (χ0v) is 12.2. The topological polar surface area (TPSA) is 50.2 Å². The smallest absolute Gasteiger partial charge is 0.293 e. The quantitative estimate of drug-likeness (QED) is 0.902. The van der Waals surface area contributed by atoms with Gasteiger partial charge in [-0.05, 0) is 45.1 Å². The van der Waals surface area contributed by atoms with Crippen LogP contribution >= 0.6 is 0 Å². The third-order valence-electron chi connectivity index (χ3n) is 4.74. The molecule has 0 aromatic carbocycles. The lowest BCUT2D eigenvalue weighted by atomic mass is 9.88. The van der Waals surface area contributed by atoms with Crippen molar-refractivity contribution in [3.05, 3.63) is 22.7 Å². The first-order chi connectivity index (χ1) is 9.79. The van der Waals surface area contributed by atoms with E-state index in [4.69, 9.17) is 0 Å². The molecule has 0 amide bonds. The van der Waals surface area contributed by atoms with Crippen molar-refractivity contribution in [1.29, 1.82) is 0 Å². The Hall–Kier alpha value is -1.36. The number of hydrogen-bond acceptors (Lipinski definition) is 4. The van der Waals surface area contributed by atoms with Crippen molar-refractivity contribution in [2.75, 3.05) is 24.5 Å². The minimum Gasteiger partial charge on any atom is -0.352 e. The number of rotatable bonds is 3. The summed E-state index contributed by atoms with van der Waals surface area (Å²) < 4.78 is 1.73. The molecule has 2 fully saturated rings. The van der Waals surface area contributed by atoms with E-state index >= 15 is 0 Å². The van der Waals surface area contributed by atoms with Gasteiger partial charge in [-0.15, -0.1) is 0 Å². The lowest BCUT2D eigenvalue weighted by Gasteiger charge is -2.35. The van der Waals surface area contributed by atoms with Crippen LogP contribution in [-0.2, 0) is 6.54 Å². The highest BCUT2D eigenvalue weighted by Gasteiger charge is 2.29. The van der Waals surface area contributed by atoms with Crippen LogP contribution in [0.3, 0.4) is 0 Å². The molecule has 1 aromatic heterocycles. The maximum atomic E-state index is 12.3. The first-order valence-electron chi connectivity index (χ1n) is 7.83. The van der Waals surface area contributed by atoms with E-state index in [9.17, 15) is 4.79 Å². The van der Waals surface area contributed by atoms with Crippen molar-refractivity contribution < 1.29 is 0 Å². The predicted molar refractivity (Wildman–Crippen MR) is 80.1 cm³/mol. The summed E-state index contributed by atoms with van der Waals surface area (Å²) in [5, 5.41) is 3.61. The van der Waals surface area contributed by atoms with Gasteiger partial charge in [-0.25, -0.2) is 4.98 Å². The minimum atomic E-state index is 0.0486. The van der Waals surface area contributed by atoms with Gasteiger partial charge >= 0.3 is 0 Å². The molecule has 2 aliphatic rings. The minimum absolute atomic E-state index is 0.0486. The molecule has 110 valence electrons. The highest BCUT2D eigenvalue weighted by atomic mass is 16.1. The summed E-state index contributed by atoms with van der Waals surface area (Å²) in [6.07, 6.45) is 8.47. The molecule has 0 aliphatic carbocycles. The molecule has 2 aliphatic heterocycles. The molecule has 0 spiro atoms. The maximum Gasteiger partial charge on any atom is 0.293 e. The Balaban J connectivity index is 1.67. The zero-order valence-electron chi connectivity index (χ0n) is 12.2. The molecule has 5 nitrogen and oxygen atoms in total. The molecule has 2 saturated heterocycles. The summed E-state index contributed by atoms with van der Waals surface area (Å²) in [6, 6.07) is 0.702. The molecule has 5 heteroatoms. The predicted octanol–water partition coefficient (Wildman–Crippen LogP) is 1.23. The zero-order chi connectivity index (χ0) is 13.9. The van der Waals surface area contributed by atoms with E-state index < -0.39 is 0 Å².